The molecule has 1 amide bonds. The molecule has 2 N–H and O–H groups in total. The highest BCUT2D eigenvalue weighted by Gasteiger charge is 2.13. The topological polar surface area (TPSA) is 75.6 Å². The first-order valence-corrected chi connectivity index (χ1v) is 5.35. The van der Waals surface area contributed by atoms with Crippen LogP contribution in [0, 0.1) is 5.82 Å². The number of carboxylic acid groups (broad SMARTS) is 1. The normalized spacial score (nSPS) is 11.9. The minimum Gasteiger partial charge on any atom is -0.479 e. The predicted octanol–water partition coefficient (Wildman–Crippen LogP) is 0.932. The Hall–Kier alpha value is -1.95. The summed E-state index contributed by atoms with van der Waals surface area (Å²) in [4.78, 5) is 21.7. The number of carboxylic acids is 1. The number of hydrogen-bond donors (Lipinski definition) is 2. The van der Waals surface area contributed by atoms with E-state index in [0.717, 1.165) is 0 Å². The molecule has 1 rings (SSSR count). The van der Waals surface area contributed by atoms with E-state index < -0.39 is 23.8 Å². The highest BCUT2D eigenvalue weighted by atomic mass is 19.1. The Kier molecular flexibility index (Phi) is 5.26. The smallest absolute Gasteiger partial charge is 0.332 e. The van der Waals surface area contributed by atoms with E-state index in [1.165, 1.54) is 13.0 Å². The van der Waals surface area contributed by atoms with Crippen LogP contribution in [0.15, 0.2) is 24.3 Å². The largest absolute Gasteiger partial charge is 0.479 e. The molecule has 0 radical (unpaired) electrons. The fraction of sp³-hybridized carbons (Fsp3) is 0.333. The zero-order chi connectivity index (χ0) is 13.5. The average molecular weight is 255 g/mol. The van der Waals surface area contributed by atoms with Crippen LogP contribution in [-0.4, -0.2) is 29.7 Å². The molecule has 1 aromatic carbocycles. The van der Waals surface area contributed by atoms with Crippen LogP contribution in [-0.2, 0) is 20.9 Å². The van der Waals surface area contributed by atoms with Crippen molar-refractivity contribution in [3.63, 3.8) is 0 Å². The lowest BCUT2D eigenvalue weighted by Gasteiger charge is -2.09. The Morgan fingerprint density at radius 1 is 1.44 bits per heavy atom. The van der Waals surface area contributed by atoms with Gasteiger partial charge in [0.1, 0.15) is 12.4 Å². The first-order valence-electron chi connectivity index (χ1n) is 5.35. The van der Waals surface area contributed by atoms with Crippen LogP contribution in [0.2, 0.25) is 0 Å². The summed E-state index contributed by atoms with van der Waals surface area (Å²) in [5.41, 5.74) is 0.358. The minimum atomic E-state index is -1.14. The molecule has 0 aliphatic rings. The fourth-order valence-electron chi connectivity index (χ4n) is 1.16. The van der Waals surface area contributed by atoms with Gasteiger partial charge in [0.05, 0.1) is 0 Å². The molecule has 1 unspecified atom stereocenters. The van der Waals surface area contributed by atoms with Gasteiger partial charge < -0.3 is 15.2 Å². The summed E-state index contributed by atoms with van der Waals surface area (Å²) >= 11 is 0. The molecule has 98 valence electrons. The summed E-state index contributed by atoms with van der Waals surface area (Å²) in [6.45, 7) is 0.991. The van der Waals surface area contributed by atoms with Crippen molar-refractivity contribution in [1.29, 1.82) is 0 Å². The third-order valence-corrected chi connectivity index (χ3v) is 2.25. The lowest BCUT2D eigenvalue weighted by Crippen LogP contribution is -2.31. The standard InChI is InChI=1S/C12H14FNO4/c1-8(12(16)17)18-7-11(15)14-6-9-4-2-3-5-10(9)13/h2-5,8H,6-7H2,1H3,(H,14,15)(H,16,17). The first kappa shape index (κ1) is 14.1. The highest BCUT2D eigenvalue weighted by molar-refractivity contribution is 5.78. The van der Waals surface area contributed by atoms with E-state index in [-0.39, 0.29) is 13.2 Å². The second kappa shape index (κ2) is 6.70. The molecule has 0 aromatic heterocycles. The number of carbonyl (C=O) groups is 2. The molecule has 1 aromatic rings. The molecule has 1 atom stereocenters. The van der Waals surface area contributed by atoms with Gasteiger partial charge in [-0.05, 0) is 13.0 Å². The number of halogens is 1. The van der Waals surface area contributed by atoms with Gasteiger partial charge in [0.2, 0.25) is 5.91 Å². The molecule has 0 aliphatic heterocycles. The lowest BCUT2D eigenvalue weighted by molar-refractivity contribution is -0.150. The van der Waals surface area contributed by atoms with Gasteiger partial charge in [0.15, 0.2) is 6.10 Å². The van der Waals surface area contributed by atoms with Gasteiger partial charge in [0.25, 0.3) is 0 Å². The van der Waals surface area contributed by atoms with Crippen molar-refractivity contribution < 1.29 is 23.8 Å². The molecule has 0 spiro atoms. The Morgan fingerprint density at radius 3 is 2.72 bits per heavy atom. The van der Waals surface area contributed by atoms with Crippen molar-refractivity contribution in [2.24, 2.45) is 0 Å². The predicted molar refractivity (Wildman–Crippen MR) is 61.3 cm³/mol. The maximum atomic E-state index is 13.2. The van der Waals surface area contributed by atoms with Gasteiger partial charge in [-0.15, -0.1) is 0 Å². The van der Waals surface area contributed by atoms with E-state index in [1.807, 2.05) is 0 Å². The maximum Gasteiger partial charge on any atom is 0.332 e. The summed E-state index contributed by atoms with van der Waals surface area (Å²) in [5.74, 6) is -2.04. The lowest BCUT2D eigenvalue weighted by atomic mass is 10.2. The van der Waals surface area contributed by atoms with Gasteiger partial charge >= 0.3 is 5.97 Å². The molecule has 0 fully saturated rings. The molecule has 6 heteroatoms. The van der Waals surface area contributed by atoms with Crippen LogP contribution in [0.1, 0.15) is 12.5 Å². The van der Waals surface area contributed by atoms with Gasteiger partial charge in [-0.1, -0.05) is 18.2 Å². The second-order valence-electron chi connectivity index (χ2n) is 3.66. The van der Waals surface area contributed by atoms with Crippen molar-refractivity contribution in [3.8, 4) is 0 Å². The first-order chi connectivity index (χ1) is 8.50. The van der Waals surface area contributed by atoms with E-state index in [9.17, 15) is 14.0 Å². The number of ether oxygens (including phenoxy) is 1. The molecule has 0 heterocycles. The quantitative estimate of drug-likeness (QED) is 0.793. The van der Waals surface area contributed by atoms with E-state index >= 15 is 0 Å². The number of hydrogen-bond acceptors (Lipinski definition) is 3. The Labute approximate surface area is 104 Å². The van der Waals surface area contributed by atoms with E-state index in [1.54, 1.807) is 18.2 Å². The van der Waals surface area contributed by atoms with Gasteiger partial charge in [-0.2, -0.15) is 0 Å². The molecule has 0 bridgehead atoms. The third-order valence-electron chi connectivity index (χ3n) is 2.25. The number of aliphatic carboxylic acids is 1. The average Bonchev–Trinajstić information content (AvgIpc) is 2.34. The summed E-state index contributed by atoms with van der Waals surface area (Å²) in [7, 11) is 0. The van der Waals surface area contributed by atoms with Gasteiger partial charge in [0, 0.05) is 12.1 Å². The Bertz CT molecular complexity index is 436. The number of carbonyl (C=O) groups excluding carboxylic acids is 1. The highest BCUT2D eigenvalue weighted by Crippen LogP contribution is 2.05. The molecule has 18 heavy (non-hydrogen) atoms. The van der Waals surface area contributed by atoms with Crippen LogP contribution < -0.4 is 5.32 Å². The molecular weight excluding hydrogens is 241 g/mol. The van der Waals surface area contributed by atoms with E-state index in [0.29, 0.717) is 5.56 Å². The fourth-order valence-corrected chi connectivity index (χ4v) is 1.16. The van der Waals surface area contributed by atoms with Gasteiger partial charge in [-0.3, -0.25) is 4.79 Å². The molecule has 5 nitrogen and oxygen atoms in total. The summed E-state index contributed by atoms with van der Waals surface area (Å²) in [6, 6.07) is 6.06. The van der Waals surface area contributed by atoms with Crippen LogP contribution in [0.5, 0.6) is 0 Å². The Morgan fingerprint density at radius 2 is 2.11 bits per heavy atom. The van der Waals surface area contributed by atoms with Crippen LogP contribution >= 0.6 is 0 Å². The second-order valence-corrected chi connectivity index (χ2v) is 3.66. The zero-order valence-electron chi connectivity index (χ0n) is 9.85. The van der Waals surface area contributed by atoms with E-state index in [2.05, 4.69) is 5.32 Å². The maximum absolute atomic E-state index is 13.2. The minimum absolute atomic E-state index is 0.0380. The molecule has 0 saturated heterocycles. The SMILES string of the molecule is CC(OCC(=O)NCc1ccccc1F)C(=O)O. The molecule has 0 aliphatic carbocycles. The van der Waals surface area contributed by atoms with Gasteiger partial charge in [-0.25, -0.2) is 9.18 Å². The van der Waals surface area contributed by atoms with Crippen molar-refractivity contribution in [3.05, 3.63) is 35.6 Å². The summed E-state index contributed by atoms with van der Waals surface area (Å²) in [6.07, 6.45) is -1.05. The van der Waals surface area contributed by atoms with Crippen molar-refractivity contribution in [2.45, 2.75) is 19.6 Å². The van der Waals surface area contributed by atoms with Crippen LogP contribution in [0.4, 0.5) is 4.39 Å². The van der Waals surface area contributed by atoms with Crippen LogP contribution in [0.25, 0.3) is 0 Å². The summed E-state index contributed by atoms with van der Waals surface area (Å²) in [5, 5.41) is 11.0. The molecular formula is C12H14FNO4. The van der Waals surface area contributed by atoms with Crippen LogP contribution in [0.3, 0.4) is 0 Å². The third kappa shape index (κ3) is 4.50. The van der Waals surface area contributed by atoms with E-state index in [4.69, 9.17) is 9.84 Å². The van der Waals surface area contributed by atoms with Crippen molar-refractivity contribution in [1.82, 2.24) is 5.32 Å². The van der Waals surface area contributed by atoms with Crippen molar-refractivity contribution >= 4 is 11.9 Å². The number of rotatable bonds is 6. The molecule has 0 saturated carbocycles. The monoisotopic (exact) mass is 255 g/mol. The zero-order valence-corrected chi connectivity index (χ0v) is 9.85. The number of benzene rings is 1. The Balaban J connectivity index is 2.34. The number of nitrogens with one attached hydrogen (secondary N) is 1. The number of amides is 1. The summed E-state index contributed by atoms with van der Waals surface area (Å²) < 4.78 is 18.0. The van der Waals surface area contributed by atoms with Crippen molar-refractivity contribution in [2.75, 3.05) is 6.61 Å².